The average molecular weight is 390 g/mol. The summed E-state index contributed by atoms with van der Waals surface area (Å²) in [4.78, 5) is 24.4. The molecule has 7 heteroatoms. The minimum Gasteiger partial charge on any atom is -0.350 e. The van der Waals surface area contributed by atoms with E-state index in [1.165, 1.54) is 0 Å². The minimum atomic E-state index is -0.256. The van der Waals surface area contributed by atoms with Crippen LogP contribution in [0, 0.1) is 0 Å². The van der Waals surface area contributed by atoms with Crippen LogP contribution >= 0.6 is 23.8 Å². The van der Waals surface area contributed by atoms with E-state index < -0.39 is 0 Å². The lowest BCUT2D eigenvalue weighted by Gasteiger charge is -2.14. The molecule has 2 amide bonds. The van der Waals surface area contributed by atoms with Crippen LogP contribution in [0.2, 0.25) is 5.02 Å². The van der Waals surface area contributed by atoms with E-state index in [0.717, 1.165) is 5.56 Å². The van der Waals surface area contributed by atoms with E-state index in [-0.39, 0.29) is 29.4 Å². The first-order valence-corrected chi connectivity index (χ1v) is 8.89. The molecule has 0 atom stereocenters. The number of halogens is 1. The van der Waals surface area contributed by atoms with Gasteiger partial charge in [-0.15, -0.1) is 0 Å². The Morgan fingerprint density at radius 3 is 2.38 bits per heavy atom. The van der Waals surface area contributed by atoms with Gasteiger partial charge in [0.1, 0.15) is 0 Å². The summed E-state index contributed by atoms with van der Waals surface area (Å²) in [5.41, 5.74) is 1.81. The summed E-state index contributed by atoms with van der Waals surface area (Å²) < 4.78 is 0. The van der Waals surface area contributed by atoms with Crippen molar-refractivity contribution in [1.82, 2.24) is 10.6 Å². The van der Waals surface area contributed by atoms with Crippen LogP contribution in [0.3, 0.4) is 0 Å². The molecule has 0 unspecified atom stereocenters. The van der Waals surface area contributed by atoms with E-state index in [9.17, 15) is 9.59 Å². The molecule has 0 aliphatic heterocycles. The monoisotopic (exact) mass is 389 g/mol. The van der Waals surface area contributed by atoms with E-state index in [2.05, 4.69) is 16.0 Å². The lowest BCUT2D eigenvalue weighted by Crippen LogP contribution is -2.36. The Hall–Kier alpha value is -2.44. The van der Waals surface area contributed by atoms with E-state index in [0.29, 0.717) is 16.3 Å². The third-order valence-electron chi connectivity index (χ3n) is 3.37. The SMILES string of the molecule is CC(C)NC(=O)c1ccccc1NC(=S)NC(=O)Cc1ccc(Cl)cc1. The van der Waals surface area contributed by atoms with E-state index >= 15 is 0 Å². The Morgan fingerprint density at radius 2 is 1.73 bits per heavy atom. The van der Waals surface area contributed by atoms with Crippen LogP contribution in [0.15, 0.2) is 48.5 Å². The maximum Gasteiger partial charge on any atom is 0.253 e. The summed E-state index contributed by atoms with van der Waals surface area (Å²) in [6.07, 6.45) is 0.175. The fraction of sp³-hybridized carbons (Fsp3) is 0.211. The summed E-state index contributed by atoms with van der Waals surface area (Å²) >= 11 is 11.0. The molecule has 5 nitrogen and oxygen atoms in total. The average Bonchev–Trinajstić information content (AvgIpc) is 2.56. The van der Waals surface area contributed by atoms with Crippen molar-refractivity contribution in [1.29, 1.82) is 0 Å². The predicted octanol–water partition coefficient (Wildman–Crippen LogP) is 3.53. The zero-order chi connectivity index (χ0) is 19.1. The van der Waals surface area contributed by atoms with Crippen molar-refractivity contribution in [2.45, 2.75) is 26.3 Å². The molecule has 0 heterocycles. The highest BCUT2D eigenvalue weighted by molar-refractivity contribution is 7.80. The Bertz CT molecular complexity index is 807. The first-order valence-electron chi connectivity index (χ1n) is 8.10. The summed E-state index contributed by atoms with van der Waals surface area (Å²) in [6.45, 7) is 3.77. The van der Waals surface area contributed by atoms with Gasteiger partial charge >= 0.3 is 0 Å². The van der Waals surface area contributed by atoms with Gasteiger partial charge < -0.3 is 16.0 Å². The molecular formula is C19H20ClN3O2S. The Labute approximate surface area is 163 Å². The van der Waals surface area contributed by atoms with Crippen molar-refractivity contribution in [3.8, 4) is 0 Å². The molecule has 0 aliphatic carbocycles. The van der Waals surface area contributed by atoms with Crippen LogP contribution in [0.25, 0.3) is 0 Å². The number of rotatable bonds is 5. The second kappa shape index (κ2) is 9.31. The second-order valence-electron chi connectivity index (χ2n) is 5.98. The topological polar surface area (TPSA) is 70.2 Å². The zero-order valence-corrected chi connectivity index (χ0v) is 16.1. The largest absolute Gasteiger partial charge is 0.350 e. The molecule has 2 aromatic carbocycles. The highest BCUT2D eigenvalue weighted by atomic mass is 35.5. The van der Waals surface area contributed by atoms with Crippen LogP contribution < -0.4 is 16.0 Å². The molecule has 0 saturated carbocycles. The zero-order valence-electron chi connectivity index (χ0n) is 14.5. The highest BCUT2D eigenvalue weighted by Gasteiger charge is 2.13. The molecule has 0 saturated heterocycles. The van der Waals surface area contributed by atoms with E-state index in [1.54, 1.807) is 48.5 Å². The molecule has 0 aliphatic rings. The van der Waals surface area contributed by atoms with Crippen molar-refractivity contribution in [3.63, 3.8) is 0 Å². The minimum absolute atomic E-state index is 0.0154. The van der Waals surface area contributed by atoms with Crippen LogP contribution in [0.5, 0.6) is 0 Å². The fourth-order valence-corrected chi connectivity index (χ4v) is 2.59. The highest BCUT2D eigenvalue weighted by Crippen LogP contribution is 2.15. The van der Waals surface area contributed by atoms with Gasteiger partial charge in [0.15, 0.2) is 5.11 Å². The number of thiocarbonyl (C=S) groups is 1. The number of hydrogen-bond donors (Lipinski definition) is 3. The van der Waals surface area contributed by atoms with Crippen molar-refractivity contribution in [3.05, 3.63) is 64.7 Å². The number of anilines is 1. The van der Waals surface area contributed by atoms with Gasteiger partial charge in [-0.25, -0.2) is 0 Å². The number of hydrogen-bond acceptors (Lipinski definition) is 3. The molecular weight excluding hydrogens is 370 g/mol. The normalized spacial score (nSPS) is 10.3. The third-order valence-corrected chi connectivity index (χ3v) is 3.83. The lowest BCUT2D eigenvalue weighted by molar-refractivity contribution is -0.119. The van der Waals surface area contributed by atoms with Gasteiger partial charge in [0.2, 0.25) is 5.91 Å². The van der Waals surface area contributed by atoms with Gasteiger partial charge in [-0.2, -0.15) is 0 Å². The van der Waals surface area contributed by atoms with Crippen molar-refractivity contribution >= 4 is 46.4 Å². The Morgan fingerprint density at radius 1 is 1.08 bits per heavy atom. The molecule has 0 fully saturated rings. The molecule has 2 rings (SSSR count). The van der Waals surface area contributed by atoms with Gasteiger partial charge in [0, 0.05) is 11.1 Å². The van der Waals surface area contributed by atoms with Gasteiger partial charge in [0.05, 0.1) is 17.7 Å². The molecule has 136 valence electrons. The molecule has 0 bridgehead atoms. The number of amides is 2. The Kier molecular flexibility index (Phi) is 7.12. The summed E-state index contributed by atoms with van der Waals surface area (Å²) in [5, 5.41) is 9.10. The van der Waals surface area contributed by atoms with Crippen LogP contribution in [-0.2, 0) is 11.2 Å². The van der Waals surface area contributed by atoms with Gasteiger partial charge in [-0.05, 0) is 55.9 Å². The van der Waals surface area contributed by atoms with Gasteiger partial charge in [0.25, 0.3) is 5.91 Å². The predicted molar refractivity (Wildman–Crippen MR) is 109 cm³/mol. The number of carbonyl (C=O) groups excluding carboxylic acids is 2. The Balaban J connectivity index is 1.98. The van der Waals surface area contributed by atoms with Crippen LogP contribution in [0.1, 0.15) is 29.8 Å². The second-order valence-corrected chi connectivity index (χ2v) is 6.82. The smallest absolute Gasteiger partial charge is 0.253 e. The number of carbonyl (C=O) groups is 2. The van der Waals surface area contributed by atoms with Crippen molar-refractivity contribution < 1.29 is 9.59 Å². The lowest BCUT2D eigenvalue weighted by atomic mass is 10.1. The van der Waals surface area contributed by atoms with Gasteiger partial charge in [-0.1, -0.05) is 35.9 Å². The molecule has 2 aromatic rings. The summed E-state index contributed by atoms with van der Waals surface area (Å²) in [6, 6.07) is 14.0. The first kappa shape index (κ1) is 19.9. The summed E-state index contributed by atoms with van der Waals surface area (Å²) in [5.74, 6) is -0.465. The maximum atomic E-state index is 12.3. The number of para-hydroxylation sites is 1. The van der Waals surface area contributed by atoms with E-state index in [1.807, 2.05) is 13.8 Å². The van der Waals surface area contributed by atoms with E-state index in [4.69, 9.17) is 23.8 Å². The summed E-state index contributed by atoms with van der Waals surface area (Å²) in [7, 11) is 0. The first-order chi connectivity index (χ1) is 12.3. The van der Waals surface area contributed by atoms with Crippen molar-refractivity contribution in [2.24, 2.45) is 0 Å². The number of nitrogens with one attached hydrogen (secondary N) is 3. The quantitative estimate of drug-likeness (QED) is 0.684. The molecule has 0 aromatic heterocycles. The van der Waals surface area contributed by atoms with Crippen LogP contribution in [0.4, 0.5) is 5.69 Å². The van der Waals surface area contributed by atoms with Crippen molar-refractivity contribution in [2.75, 3.05) is 5.32 Å². The van der Waals surface area contributed by atoms with Gasteiger partial charge in [-0.3, -0.25) is 9.59 Å². The standard InChI is InChI=1S/C19H20ClN3O2S/c1-12(2)21-18(25)15-5-3-4-6-16(15)22-19(26)23-17(24)11-13-7-9-14(20)10-8-13/h3-10,12H,11H2,1-2H3,(H,21,25)(H2,22,23,24,26). The molecule has 0 spiro atoms. The maximum absolute atomic E-state index is 12.3. The third kappa shape index (κ3) is 6.13. The van der Waals surface area contributed by atoms with Crippen LogP contribution in [-0.4, -0.2) is 23.0 Å². The molecule has 3 N–H and O–H groups in total. The molecule has 26 heavy (non-hydrogen) atoms. The number of benzene rings is 2. The fourth-order valence-electron chi connectivity index (χ4n) is 2.24. The molecule has 0 radical (unpaired) electrons.